The first-order chi connectivity index (χ1) is 15.0. The minimum atomic E-state index is -0.147. The molecule has 5 rings (SSSR count). The van der Waals surface area contributed by atoms with Gasteiger partial charge >= 0.3 is 0 Å². The molecule has 31 heavy (non-hydrogen) atoms. The zero-order valence-corrected chi connectivity index (χ0v) is 18.5. The van der Waals surface area contributed by atoms with Crippen LogP contribution in [0.1, 0.15) is 37.7 Å². The Morgan fingerprint density at radius 2 is 1.68 bits per heavy atom. The third-order valence-corrected chi connectivity index (χ3v) is 7.92. The van der Waals surface area contributed by atoms with E-state index in [1.165, 1.54) is 6.42 Å². The van der Waals surface area contributed by atoms with Crippen LogP contribution in [0, 0.1) is 11.3 Å². The number of fused-ring (bicyclic) bond motifs is 1. The molecule has 1 spiro atoms. The maximum absolute atomic E-state index is 9.93. The van der Waals surface area contributed by atoms with Crippen LogP contribution < -0.4 is 16.4 Å². The van der Waals surface area contributed by atoms with Crippen molar-refractivity contribution < 1.29 is 0 Å². The van der Waals surface area contributed by atoms with Gasteiger partial charge in [-0.3, -0.25) is 0 Å². The number of hydrogen-bond acceptors (Lipinski definition) is 6. The first-order valence-corrected chi connectivity index (χ1v) is 11.6. The van der Waals surface area contributed by atoms with Crippen LogP contribution in [0.4, 0.5) is 23.0 Å². The molecule has 0 amide bonds. The largest absolute Gasteiger partial charge is 0.399 e. The summed E-state index contributed by atoms with van der Waals surface area (Å²) in [6.07, 6.45) is 5.63. The van der Waals surface area contributed by atoms with E-state index in [9.17, 15) is 5.26 Å². The van der Waals surface area contributed by atoms with Gasteiger partial charge in [-0.05, 0) is 54.8 Å². The quantitative estimate of drug-likeness (QED) is 0.445. The van der Waals surface area contributed by atoms with E-state index in [1.807, 2.05) is 60.3 Å². The highest BCUT2D eigenvalue weighted by Gasteiger charge is 2.48. The number of rotatable bonds is 2. The minimum absolute atomic E-state index is 0.147. The molecule has 0 unspecified atom stereocenters. The summed E-state index contributed by atoms with van der Waals surface area (Å²) in [7, 11) is 0. The van der Waals surface area contributed by atoms with Crippen LogP contribution in [0.3, 0.4) is 0 Å². The van der Waals surface area contributed by atoms with Crippen molar-refractivity contribution in [3.8, 4) is 17.2 Å². The molecule has 2 aromatic carbocycles. The molecule has 5 nitrogen and oxygen atoms in total. The molecule has 156 valence electrons. The monoisotopic (exact) mass is 447 g/mol. The molecule has 0 saturated heterocycles. The molecule has 0 radical (unpaired) electrons. The van der Waals surface area contributed by atoms with Crippen LogP contribution in [0.15, 0.2) is 53.4 Å². The number of pyridine rings is 1. The lowest BCUT2D eigenvalue weighted by atomic mass is 9.92. The van der Waals surface area contributed by atoms with Crippen molar-refractivity contribution in [2.45, 2.75) is 41.9 Å². The van der Waals surface area contributed by atoms with Crippen LogP contribution in [0.5, 0.6) is 0 Å². The third kappa shape index (κ3) is 3.29. The van der Waals surface area contributed by atoms with E-state index in [0.29, 0.717) is 10.6 Å². The molecule has 2 heterocycles. The predicted molar refractivity (Wildman–Crippen MR) is 128 cm³/mol. The van der Waals surface area contributed by atoms with Crippen LogP contribution in [0.2, 0.25) is 5.02 Å². The van der Waals surface area contributed by atoms with Crippen molar-refractivity contribution in [3.05, 3.63) is 59.1 Å². The second-order valence-electron chi connectivity index (χ2n) is 8.05. The number of thioether (sulfide) groups is 1. The van der Waals surface area contributed by atoms with Crippen molar-refractivity contribution in [2.24, 2.45) is 0 Å². The highest BCUT2D eigenvalue weighted by molar-refractivity contribution is 8.01. The van der Waals surface area contributed by atoms with Crippen molar-refractivity contribution >= 4 is 46.4 Å². The summed E-state index contributed by atoms with van der Waals surface area (Å²) in [6.45, 7) is 0. The van der Waals surface area contributed by atoms with Crippen molar-refractivity contribution in [1.29, 1.82) is 5.26 Å². The topological polar surface area (TPSA) is 92.0 Å². The zero-order chi connectivity index (χ0) is 21.6. The molecule has 3 aromatic rings. The first-order valence-electron chi connectivity index (χ1n) is 10.4. The Hall–Kier alpha value is -2.88. The molecule has 0 bridgehead atoms. The maximum Gasteiger partial charge on any atom is 0.151 e. The average molecular weight is 448 g/mol. The van der Waals surface area contributed by atoms with E-state index in [0.717, 1.165) is 58.9 Å². The number of nitrogens with two attached hydrogens (primary N) is 2. The van der Waals surface area contributed by atoms with Crippen LogP contribution >= 0.6 is 23.4 Å². The smallest absolute Gasteiger partial charge is 0.151 e. The predicted octanol–water partition coefficient (Wildman–Crippen LogP) is 6.34. The Balaban J connectivity index is 1.77. The molecule has 1 fully saturated rings. The van der Waals surface area contributed by atoms with Gasteiger partial charge in [-0.15, -0.1) is 0 Å². The van der Waals surface area contributed by atoms with E-state index in [2.05, 4.69) is 11.0 Å². The molecule has 1 aliphatic heterocycles. The number of hydrogen-bond donors (Lipinski definition) is 2. The fraction of sp³-hybridized carbons (Fsp3) is 0.250. The number of nitriles is 1. The standard InChI is InChI=1S/C24H22ClN5S/c25-16-6-4-15(5-7-16)20-19(14-26)22(28)29-23-21(20)31-24(12-2-1-3-13-24)30(23)18-10-8-17(27)9-11-18/h4-11H,1-3,12-13,27H2,(H2,28,29). The summed E-state index contributed by atoms with van der Waals surface area (Å²) in [5.74, 6) is 1.07. The van der Waals surface area contributed by atoms with Crippen molar-refractivity contribution in [2.75, 3.05) is 16.4 Å². The van der Waals surface area contributed by atoms with Crippen molar-refractivity contribution in [1.82, 2.24) is 4.98 Å². The average Bonchev–Trinajstić information content (AvgIpc) is 3.07. The Kier molecular flexibility index (Phi) is 4.96. The van der Waals surface area contributed by atoms with Gasteiger partial charge in [0.25, 0.3) is 0 Å². The third-order valence-electron chi connectivity index (χ3n) is 6.10. The van der Waals surface area contributed by atoms with Gasteiger partial charge in [0.1, 0.15) is 17.5 Å². The van der Waals surface area contributed by atoms with E-state index >= 15 is 0 Å². The lowest BCUT2D eigenvalue weighted by Gasteiger charge is -2.41. The summed E-state index contributed by atoms with van der Waals surface area (Å²) in [5.41, 5.74) is 16.2. The number of halogens is 1. The van der Waals surface area contributed by atoms with Gasteiger partial charge < -0.3 is 16.4 Å². The molecule has 4 N–H and O–H groups in total. The fourth-order valence-corrected chi connectivity index (χ4v) is 6.50. The van der Waals surface area contributed by atoms with E-state index in [1.54, 1.807) is 0 Å². The number of nitrogen functional groups attached to an aromatic ring is 2. The normalized spacial score (nSPS) is 16.8. The Bertz CT molecular complexity index is 1180. The Morgan fingerprint density at radius 3 is 2.32 bits per heavy atom. The molecular weight excluding hydrogens is 426 g/mol. The van der Waals surface area contributed by atoms with Gasteiger partial charge in [0, 0.05) is 22.0 Å². The Morgan fingerprint density at radius 1 is 1.00 bits per heavy atom. The van der Waals surface area contributed by atoms with E-state index in [4.69, 9.17) is 28.1 Å². The van der Waals surface area contributed by atoms with Gasteiger partial charge in [-0.25, -0.2) is 4.98 Å². The molecule has 2 aliphatic rings. The number of benzene rings is 2. The first kappa shape index (κ1) is 20.0. The van der Waals surface area contributed by atoms with Gasteiger partial charge in [0.15, 0.2) is 5.82 Å². The fourth-order valence-electron chi connectivity index (χ4n) is 4.67. The lowest BCUT2D eigenvalue weighted by Crippen LogP contribution is -2.42. The minimum Gasteiger partial charge on any atom is -0.399 e. The molecule has 1 saturated carbocycles. The van der Waals surface area contributed by atoms with Gasteiger partial charge in [0.2, 0.25) is 0 Å². The molecule has 1 aromatic heterocycles. The summed E-state index contributed by atoms with van der Waals surface area (Å²) in [4.78, 5) is 7.94. The number of anilines is 4. The summed E-state index contributed by atoms with van der Waals surface area (Å²) in [5, 5.41) is 10.6. The molecule has 7 heteroatoms. The van der Waals surface area contributed by atoms with Crippen LogP contribution in [-0.2, 0) is 0 Å². The summed E-state index contributed by atoms with van der Waals surface area (Å²) >= 11 is 7.95. The highest BCUT2D eigenvalue weighted by atomic mass is 35.5. The van der Waals surface area contributed by atoms with Crippen molar-refractivity contribution in [3.63, 3.8) is 0 Å². The molecule has 1 aliphatic carbocycles. The SMILES string of the molecule is N#Cc1c(N)nc2c(c1-c1ccc(Cl)cc1)SC1(CCCCC1)N2c1ccc(N)cc1. The summed E-state index contributed by atoms with van der Waals surface area (Å²) in [6, 6.07) is 17.8. The highest BCUT2D eigenvalue weighted by Crippen LogP contribution is 2.61. The lowest BCUT2D eigenvalue weighted by molar-refractivity contribution is 0.405. The number of aromatic nitrogens is 1. The van der Waals surface area contributed by atoms with Gasteiger partial charge in [0.05, 0.1) is 9.77 Å². The summed E-state index contributed by atoms with van der Waals surface area (Å²) < 4.78 is 0. The van der Waals surface area contributed by atoms with Gasteiger partial charge in [-0.1, -0.05) is 54.8 Å². The van der Waals surface area contributed by atoms with E-state index in [-0.39, 0.29) is 10.7 Å². The van der Waals surface area contributed by atoms with Crippen LogP contribution in [0.25, 0.3) is 11.1 Å². The second-order valence-corrected chi connectivity index (χ2v) is 9.86. The second kappa shape index (κ2) is 7.67. The van der Waals surface area contributed by atoms with Gasteiger partial charge in [-0.2, -0.15) is 5.26 Å². The maximum atomic E-state index is 9.93. The molecule has 0 atom stereocenters. The van der Waals surface area contributed by atoms with E-state index < -0.39 is 0 Å². The molecular formula is C24H22ClN5S. The Labute approximate surface area is 191 Å². The number of nitrogens with zero attached hydrogens (tertiary/aromatic N) is 3. The van der Waals surface area contributed by atoms with Crippen LogP contribution in [-0.4, -0.2) is 9.85 Å². The zero-order valence-electron chi connectivity index (χ0n) is 16.9.